The number of aryl methyl sites for hydroxylation is 3. The lowest BCUT2D eigenvalue weighted by Crippen LogP contribution is -2.17. The molecule has 0 unspecified atom stereocenters. The molecule has 0 atom stereocenters. The molecule has 0 saturated carbocycles. The van der Waals surface area contributed by atoms with Gasteiger partial charge >= 0.3 is 0 Å². The Morgan fingerprint density at radius 1 is 1.22 bits per heavy atom. The molecular weight excluding hydrogens is 290 g/mol. The van der Waals surface area contributed by atoms with Crippen LogP contribution in [0.4, 0.5) is 5.69 Å². The molecule has 118 valence electrons. The Bertz CT molecular complexity index is 851. The Kier molecular flexibility index (Phi) is 4.06. The molecule has 0 aliphatic heterocycles. The fourth-order valence-corrected chi connectivity index (χ4v) is 2.60. The Hall–Kier alpha value is -2.76. The molecule has 23 heavy (non-hydrogen) atoms. The SMILES string of the molecule is CCc1ccc(NC(=O)Cc2c(C)nc3ncnn3c2C)cc1. The fourth-order valence-electron chi connectivity index (χ4n) is 2.60. The molecule has 6 nitrogen and oxygen atoms in total. The van der Waals surface area contributed by atoms with Gasteiger partial charge in [-0.3, -0.25) is 4.79 Å². The summed E-state index contributed by atoms with van der Waals surface area (Å²) in [4.78, 5) is 20.8. The summed E-state index contributed by atoms with van der Waals surface area (Å²) < 4.78 is 1.66. The Morgan fingerprint density at radius 2 is 1.96 bits per heavy atom. The molecule has 0 spiro atoms. The largest absolute Gasteiger partial charge is 0.326 e. The number of carbonyl (C=O) groups is 1. The van der Waals surface area contributed by atoms with Crippen molar-refractivity contribution in [3.63, 3.8) is 0 Å². The quantitative estimate of drug-likeness (QED) is 0.803. The van der Waals surface area contributed by atoms with E-state index in [-0.39, 0.29) is 12.3 Å². The summed E-state index contributed by atoms with van der Waals surface area (Å²) in [7, 11) is 0. The minimum Gasteiger partial charge on any atom is -0.326 e. The molecule has 0 bridgehead atoms. The van der Waals surface area contributed by atoms with E-state index in [1.54, 1.807) is 4.52 Å². The smallest absolute Gasteiger partial charge is 0.252 e. The van der Waals surface area contributed by atoms with Gasteiger partial charge in [-0.25, -0.2) is 9.50 Å². The summed E-state index contributed by atoms with van der Waals surface area (Å²) in [6, 6.07) is 7.90. The topological polar surface area (TPSA) is 72.2 Å². The third-order valence-corrected chi connectivity index (χ3v) is 3.97. The number of fused-ring (bicyclic) bond motifs is 1. The summed E-state index contributed by atoms with van der Waals surface area (Å²) in [6.07, 6.45) is 2.71. The van der Waals surface area contributed by atoms with E-state index in [2.05, 4.69) is 27.3 Å². The van der Waals surface area contributed by atoms with Gasteiger partial charge in [-0.1, -0.05) is 19.1 Å². The first-order valence-corrected chi connectivity index (χ1v) is 7.63. The van der Waals surface area contributed by atoms with Crippen LogP contribution in [0.1, 0.15) is 29.4 Å². The average Bonchev–Trinajstić information content (AvgIpc) is 3.00. The first-order valence-electron chi connectivity index (χ1n) is 7.63. The van der Waals surface area contributed by atoms with Gasteiger partial charge in [0, 0.05) is 22.6 Å². The van der Waals surface area contributed by atoms with Gasteiger partial charge in [-0.15, -0.1) is 0 Å². The van der Waals surface area contributed by atoms with Gasteiger partial charge in [0.15, 0.2) is 0 Å². The highest BCUT2D eigenvalue weighted by molar-refractivity contribution is 5.92. The first-order chi connectivity index (χ1) is 11.1. The zero-order chi connectivity index (χ0) is 16.4. The molecule has 1 N–H and O–H groups in total. The van der Waals surface area contributed by atoms with Crippen molar-refractivity contribution in [3.8, 4) is 0 Å². The second-order valence-electron chi connectivity index (χ2n) is 5.51. The molecule has 1 amide bonds. The number of hydrogen-bond donors (Lipinski definition) is 1. The molecular formula is C17H19N5O. The molecule has 0 radical (unpaired) electrons. The van der Waals surface area contributed by atoms with Crippen molar-refractivity contribution < 1.29 is 4.79 Å². The summed E-state index contributed by atoms with van der Waals surface area (Å²) in [5, 5.41) is 7.07. The van der Waals surface area contributed by atoms with E-state index in [0.717, 1.165) is 29.1 Å². The number of nitrogens with zero attached hydrogens (tertiary/aromatic N) is 4. The van der Waals surface area contributed by atoms with Crippen LogP contribution in [0.3, 0.4) is 0 Å². The van der Waals surface area contributed by atoms with Crippen LogP contribution in [-0.4, -0.2) is 25.5 Å². The summed E-state index contributed by atoms with van der Waals surface area (Å²) in [5.41, 5.74) is 4.62. The summed E-state index contributed by atoms with van der Waals surface area (Å²) >= 11 is 0. The number of benzene rings is 1. The predicted molar refractivity (Wildman–Crippen MR) is 88.4 cm³/mol. The molecule has 0 fully saturated rings. The number of carbonyl (C=O) groups excluding carboxylic acids is 1. The van der Waals surface area contributed by atoms with Crippen molar-refractivity contribution in [1.82, 2.24) is 19.6 Å². The molecule has 0 aliphatic rings. The van der Waals surface area contributed by atoms with Crippen LogP contribution < -0.4 is 5.32 Å². The van der Waals surface area contributed by atoms with E-state index in [9.17, 15) is 4.79 Å². The molecule has 3 aromatic rings. The molecule has 3 rings (SSSR count). The van der Waals surface area contributed by atoms with Crippen LogP contribution in [0.5, 0.6) is 0 Å². The van der Waals surface area contributed by atoms with Crippen LogP contribution >= 0.6 is 0 Å². The zero-order valence-electron chi connectivity index (χ0n) is 13.5. The Morgan fingerprint density at radius 3 is 2.65 bits per heavy atom. The van der Waals surface area contributed by atoms with E-state index >= 15 is 0 Å². The van der Waals surface area contributed by atoms with Crippen LogP contribution in [0, 0.1) is 13.8 Å². The normalized spacial score (nSPS) is 10.9. The second-order valence-corrected chi connectivity index (χ2v) is 5.51. The van der Waals surface area contributed by atoms with Crippen molar-refractivity contribution in [1.29, 1.82) is 0 Å². The predicted octanol–water partition coefficient (Wildman–Crippen LogP) is 2.48. The van der Waals surface area contributed by atoms with Gasteiger partial charge in [-0.05, 0) is 38.0 Å². The lowest BCUT2D eigenvalue weighted by Gasteiger charge is -2.11. The third-order valence-electron chi connectivity index (χ3n) is 3.97. The highest BCUT2D eigenvalue weighted by Gasteiger charge is 2.14. The lowest BCUT2D eigenvalue weighted by molar-refractivity contribution is -0.115. The van der Waals surface area contributed by atoms with E-state index in [1.807, 2.05) is 38.1 Å². The Balaban J connectivity index is 1.79. The highest BCUT2D eigenvalue weighted by Crippen LogP contribution is 2.15. The number of amides is 1. The summed E-state index contributed by atoms with van der Waals surface area (Å²) in [5.74, 6) is 0.487. The standard InChI is InChI=1S/C17H19N5O/c1-4-13-5-7-14(8-6-13)21-16(23)9-15-11(2)20-17-18-10-19-22(17)12(15)3/h5-8,10H,4,9H2,1-3H3,(H,21,23). The van der Waals surface area contributed by atoms with Gasteiger partial charge in [-0.2, -0.15) is 10.1 Å². The maximum atomic E-state index is 12.3. The molecule has 2 aromatic heterocycles. The fraction of sp³-hybridized carbons (Fsp3) is 0.294. The monoisotopic (exact) mass is 309 g/mol. The van der Waals surface area contributed by atoms with Crippen molar-refractivity contribution in [2.24, 2.45) is 0 Å². The van der Waals surface area contributed by atoms with E-state index < -0.39 is 0 Å². The number of nitrogens with one attached hydrogen (secondary N) is 1. The van der Waals surface area contributed by atoms with E-state index in [0.29, 0.717) is 5.78 Å². The molecule has 1 aromatic carbocycles. The Labute approximate surface area is 134 Å². The number of aromatic nitrogens is 4. The number of hydrogen-bond acceptors (Lipinski definition) is 4. The minimum absolute atomic E-state index is 0.0679. The first kappa shape index (κ1) is 15.1. The number of anilines is 1. The molecule has 6 heteroatoms. The van der Waals surface area contributed by atoms with Crippen LogP contribution in [0.25, 0.3) is 5.78 Å². The van der Waals surface area contributed by atoms with Gasteiger partial charge in [0.05, 0.1) is 6.42 Å². The van der Waals surface area contributed by atoms with Crippen molar-refractivity contribution >= 4 is 17.4 Å². The zero-order valence-corrected chi connectivity index (χ0v) is 13.5. The molecule has 0 aliphatic carbocycles. The van der Waals surface area contributed by atoms with Crippen LogP contribution in [0.2, 0.25) is 0 Å². The van der Waals surface area contributed by atoms with Gasteiger partial charge in [0.2, 0.25) is 5.91 Å². The van der Waals surface area contributed by atoms with Crippen LogP contribution in [-0.2, 0) is 17.6 Å². The molecule has 0 saturated heterocycles. The third kappa shape index (κ3) is 3.06. The van der Waals surface area contributed by atoms with Crippen molar-refractivity contribution in [3.05, 3.63) is 53.1 Å². The van der Waals surface area contributed by atoms with Gasteiger partial charge < -0.3 is 5.32 Å². The maximum Gasteiger partial charge on any atom is 0.252 e. The second kappa shape index (κ2) is 6.16. The summed E-state index contributed by atoms with van der Waals surface area (Å²) in [6.45, 7) is 5.92. The van der Waals surface area contributed by atoms with E-state index in [4.69, 9.17) is 0 Å². The van der Waals surface area contributed by atoms with Gasteiger partial charge in [0.25, 0.3) is 5.78 Å². The average molecular weight is 309 g/mol. The van der Waals surface area contributed by atoms with Crippen molar-refractivity contribution in [2.75, 3.05) is 5.32 Å². The lowest BCUT2D eigenvalue weighted by atomic mass is 10.1. The number of rotatable bonds is 4. The van der Waals surface area contributed by atoms with E-state index in [1.165, 1.54) is 11.9 Å². The van der Waals surface area contributed by atoms with Crippen LogP contribution in [0.15, 0.2) is 30.6 Å². The molecule has 2 heterocycles. The maximum absolute atomic E-state index is 12.3. The van der Waals surface area contributed by atoms with Crippen molar-refractivity contribution in [2.45, 2.75) is 33.6 Å². The highest BCUT2D eigenvalue weighted by atomic mass is 16.1. The minimum atomic E-state index is -0.0679. The van der Waals surface area contributed by atoms with Gasteiger partial charge in [0.1, 0.15) is 6.33 Å².